The van der Waals surface area contributed by atoms with E-state index in [0.717, 1.165) is 0 Å². The van der Waals surface area contributed by atoms with Gasteiger partial charge in [0.05, 0.1) is 18.5 Å². The lowest BCUT2D eigenvalue weighted by Crippen LogP contribution is -2.13. The van der Waals surface area contributed by atoms with Crippen LogP contribution in [0.3, 0.4) is 0 Å². The van der Waals surface area contributed by atoms with E-state index in [-0.39, 0.29) is 0 Å². The summed E-state index contributed by atoms with van der Waals surface area (Å²) in [5.41, 5.74) is 0.583. The molecule has 2 aromatic rings. The number of amides is 1. The Morgan fingerprint density at radius 3 is 3.00 bits per heavy atom. The van der Waals surface area contributed by atoms with Crippen LogP contribution < -0.4 is 5.32 Å². The highest BCUT2D eigenvalue weighted by atomic mass is 16.5. The molecule has 0 unspecified atom stereocenters. The van der Waals surface area contributed by atoms with Crippen LogP contribution >= 0.6 is 0 Å². The number of hydrogen-bond acceptors (Lipinski definition) is 4. The predicted molar refractivity (Wildman–Crippen MR) is 62.0 cm³/mol. The average molecular weight is 232 g/mol. The summed E-state index contributed by atoms with van der Waals surface area (Å²) in [7, 11) is 0. The highest BCUT2D eigenvalue weighted by Gasteiger charge is 2.03. The van der Waals surface area contributed by atoms with Crippen molar-refractivity contribution in [3.63, 3.8) is 0 Å². The Labute approximate surface area is 98.2 Å². The van der Waals surface area contributed by atoms with Gasteiger partial charge in [-0.25, -0.2) is 14.5 Å². The molecule has 17 heavy (non-hydrogen) atoms. The van der Waals surface area contributed by atoms with Gasteiger partial charge < -0.3 is 4.74 Å². The van der Waals surface area contributed by atoms with E-state index in [2.05, 4.69) is 15.4 Å². The number of hydrogen-bond donors (Lipinski definition) is 1. The monoisotopic (exact) mass is 232 g/mol. The van der Waals surface area contributed by atoms with Crippen LogP contribution in [0.1, 0.15) is 6.92 Å². The number of pyridine rings is 1. The molecule has 2 heterocycles. The van der Waals surface area contributed by atoms with Crippen LogP contribution in [0.5, 0.6) is 0 Å². The molecule has 88 valence electrons. The SMILES string of the molecule is CCOC(=O)Nc1ccc(-n2cccn2)nc1. The van der Waals surface area contributed by atoms with Crippen LogP contribution in [0.4, 0.5) is 10.5 Å². The van der Waals surface area contributed by atoms with Crippen molar-refractivity contribution in [3.8, 4) is 5.82 Å². The number of rotatable bonds is 3. The maximum atomic E-state index is 11.1. The first-order valence-corrected chi connectivity index (χ1v) is 5.19. The van der Waals surface area contributed by atoms with Gasteiger partial charge in [-0.2, -0.15) is 5.10 Å². The molecule has 0 aliphatic carbocycles. The van der Waals surface area contributed by atoms with E-state index >= 15 is 0 Å². The van der Waals surface area contributed by atoms with Crippen molar-refractivity contribution in [1.82, 2.24) is 14.8 Å². The van der Waals surface area contributed by atoms with E-state index in [1.165, 1.54) is 0 Å². The highest BCUT2D eigenvalue weighted by Crippen LogP contribution is 2.09. The first-order chi connectivity index (χ1) is 8.29. The van der Waals surface area contributed by atoms with Crippen molar-refractivity contribution in [3.05, 3.63) is 36.8 Å². The molecule has 0 aliphatic rings. The molecule has 6 nitrogen and oxygen atoms in total. The normalized spacial score (nSPS) is 9.94. The van der Waals surface area contributed by atoms with Crippen molar-refractivity contribution >= 4 is 11.8 Å². The van der Waals surface area contributed by atoms with Crippen molar-refractivity contribution in [2.75, 3.05) is 11.9 Å². The molecule has 0 atom stereocenters. The summed E-state index contributed by atoms with van der Waals surface area (Å²) >= 11 is 0. The smallest absolute Gasteiger partial charge is 0.411 e. The Kier molecular flexibility index (Phi) is 3.34. The first kappa shape index (κ1) is 11.1. The summed E-state index contributed by atoms with van der Waals surface area (Å²) in [6.45, 7) is 2.09. The van der Waals surface area contributed by atoms with Gasteiger partial charge in [-0.1, -0.05) is 0 Å². The molecule has 0 aromatic carbocycles. The van der Waals surface area contributed by atoms with E-state index in [9.17, 15) is 4.79 Å². The van der Waals surface area contributed by atoms with E-state index in [0.29, 0.717) is 18.1 Å². The Morgan fingerprint density at radius 1 is 1.53 bits per heavy atom. The number of anilines is 1. The Hall–Kier alpha value is -2.37. The quantitative estimate of drug-likeness (QED) is 0.876. The highest BCUT2D eigenvalue weighted by molar-refractivity contribution is 5.84. The average Bonchev–Trinajstić information content (AvgIpc) is 2.84. The third-order valence-electron chi connectivity index (χ3n) is 2.01. The molecule has 1 N–H and O–H groups in total. The van der Waals surface area contributed by atoms with Crippen molar-refractivity contribution in [2.24, 2.45) is 0 Å². The van der Waals surface area contributed by atoms with Crippen LogP contribution in [0.15, 0.2) is 36.8 Å². The summed E-state index contributed by atoms with van der Waals surface area (Å²) in [5.74, 6) is 0.685. The van der Waals surface area contributed by atoms with Gasteiger partial charge in [-0.3, -0.25) is 5.32 Å². The molecule has 2 rings (SSSR count). The minimum Gasteiger partial charge on any atom is -0.450 e. The summed E-state index contributed by atoms with van der Waals surface area (Å²) < 4.78 is 6.39. The molecule has 0 saturated carbocycles. The molecule has 0 aliphatic heterocycles. The number of ether oxygens (including phenoxy) is 1. The second-order valence-corrected chi connectivity index (χ2v) is 3.20. The van der Waals surface area contributed by atoms with Gasteiger partial charge in [0, 0.05) is 12.4 Å². The summed E-state index contributed by atoms with van der Waals surface area (Å²) in [6, 6.07) is 5.31. The van der Waals surface area contributed by atoms with E-state index in [1.807, 2.05) is 6.07 Å². The molecule has 0 radical (unpaired) electrons. The number of nitrogens with one attached hydrogen (secondary N) is 1. The van der Waals surface area contributed by atoms with Crippen LogP contribution in [-0.4, -0.2) is 27.5 Å². The zero-order valence-electron chi connectivity index (χ0n) is 9.33. The molecule has 0 saturated heterocycles. The van der Waals surface area contributed by atoms with Gasteiger partial charge in [0.25, 0.3) is 0 Å². The maximum Gasteiger partial charge on any atom is 0.411 e. The third-order valence-corrected chi connectivity index (χ3v) is 2.01. The molecule has 0 fully saturated rings. The lowest BCUT2D eigenvalue weighted by atomic mass is 10.4. The predicted octanol–water partition coefficient (Wildman–Crippen LogP) is 1.84. The topological polar surface area (TPSA) is 69.0 Å². The van der Waals surface area contributed by atoms with Crippen LogP contribution in [0.2, 0.25) is 0 Å². The third kappa shape index (κ3) is 2.81. The zero-order valence-corrected chi connectivity index (χ0v) is 9.33. The molecule has 0 spiro atoms. The van der Waals surface area contributed by atoms with Gasteiger partial charge in [0.15, 0.2) is 5.82 Å². The van der Waals surface area contributed by atoms with E-state index in [4.69, 9.17) is 4.74 Å². The summed E-state index contributed by atoms with van der Waals surface area (Å²) in [5, 5.41) is 6.61. The first-order valence-electron chi connectivity index (χ1n) is 5.19. The molecular weight excluding hydrogens is 220 g/mol. The maximum absolute atomic E-state index is 11.1. The molecule has 2 aromatic heterocycles. The van der Waals surface area contributed by atoms with E-state index in [1.54, 1.807) is 42.3 Å². The Morgan fingerprint density at radius 2 is 2.41 bits per heavy atom. The molecule has 6 heteroatoms. The van der Waals surface area contributed by atoms with Gasteiger partial charge in [-0.05, 0) is 25.1 Å². The second-order valence-electron chi connectivity index (χ2n) is 3.20. The summed E-state index contributed by atoms with van der Waals surface area (Å²) in [4.78, 5) is 15.3. The van der Waals surface area contributed by atoms with Crippen molar-refractivity contribution < 1.29 is 9.53 Å². The number of aromatic nitrogens is 3. The van der Waals surface area contributed by atoms with Crippen LogP contribution in [0.25, 0.3) is 5.82 Å². The summed E-state index contributed by atoms with van der Waals surface area (Å²) in [6.07, 6.45) is 4.53. The zero-order chi connectivity index (χ0) is 12.1. The minimum atomic E-state index is -0.485. The minimum absolute atomic E-state index is 0.338. The van der Waals surface area contributed by atoms with Crippen LogP contribution in [0, 0.1) is 0 Å². The molecule has 0 bridgehead atoms. The molecular formula is C11H12N4O2. The van der Waals surface area contributed by atoms with Gasteiger partial charge >= 0.3 is 6.09 Å². The van der Waals surface area contributed by atoms with Gasteiger partial charge in [0.2, 0.25) is 0 Å². The second kappa shape index (κ2) is 5.11. The lowest BCUT2D eigenvalue weighted by molar-refractivity contribution is 0.168. The number of carbonyl (C=O) groups is 1. The number of carbonyl (C=O) groups excluding carboxylic acids is 1. The van der Waals surface area contributed by atoms with Gasteiger partial charge in [0.1, 0.15) is 0 Å². The lowest BCUT2D eigenvalue weighted by Gasteiger charge is -2.05. The van der Waals surface area contributed by atoms with Gasteiger partial charge in [-0.15, -0.1) is 0 Å². The fourth-order valence-corrected chi connectivity index (χ4v) is 1.28. The van der Waals surface area contributed by atoms with E-state index < -0.39 is 6.09 Å². The fourth-order valence-electron chi connectivity index (χ4n) is 1.28. The largest absolute Gasteiger partial charge is 0.450 e. The van der Waals surface area contributed by atoms with Crippen molar-refractivity contribution in [2.45, 2.75) is 6.92 Å². The molecule has 1 amide bonds. The number of nitrogens with zero attached hydrogens (tertiary/aromatic N) is 3. The standard InChI is InChI=1S/C11H12N4O2/c1-2-17-11(16)14-9-4-5-10(12-8-9)15-7-3-6-13-15/h3-8H,2H2,1H3,(H,14,16). The van der Waals surface area contributed by atoms with Crippen LogP contribution in [-0.2, 0) is 4.74 Å². The Bertz CT molecular complexity index is 479. The fraction of sp³-hybridized carbons (Fsp3) is 0.182. The van der Waals surface area contributed by atoms with Crippen molar-refractivity contribution in [1.29, 1.82) is 0 Å². The Balaban J connectivity index is 2.06.